The molecule has 2 heterocycles. The van der Waals surface area contributed by atoms with E-state index in [1.807, 2.05) is 24.3 Å². The molecule has 6 heteroatoms. The van der Waals surface area contributed by atoms with Gasteiger partial charge in [-0.25, -0.2) is 4.98 Å². The van der Waals surface area contributed by atoms with Crippen LogP contribution in [0.15, 0.2) is 43.1 Å². The number of nitrogens with one attached hydrogen (secondary N) is 1. The van der Waals surface area contributed by atoms with Gasteiger partial charge in [-0.2, -0.15) is 0 Å². The summed E-state index contributed by atoms with van der Waals surface area (Å²) in [6, 6.07) is 7.36. The van der Waals surface area contributed by atoms with E-state index >= 15 is 0 Å². The zero-order chi connectivity index (χ0) is 16.9. The number of carbonyl (C=O) groups is 1. The molecule has 2 aromatic rings. The molecule has 1 saturated heterocycles. The molecule has 0 spiro atoms. The number of benzene rings is 1. The maximum Gasteiger partial charge on any atom is 0.323 e. The van der Waals surface area contributed by atoms with Crippen LogP contribution in [0.5, 0.6) is 11.6 Å². The second-order valence-electron chi connectivity index (χ2n) is 5.56. The van der Waals surface area contributed by atoms with Gasteiger partial charge in [0.1, 0.15) is 24.5 Å². The highest BCUT2D eigenvalue weighted by Gasteiger charge is 2.31. The van der Waals surface area contributed by atoms with Gasteiger partial charge in [-0.15, -0.1) is 0 Å². The Labute approximate surface area is 140 Å². The summed E-state index contributed by atoms with van der Waals surface area (Å²) in [5.41, 5.74) is 0. The number of esters is 1. The van der Waals surface area contributed by atoms with Crippen molar-refractivity contribution in [2.75, 3.05) is 20.3 Å². The number of hydrogen-bond acceptors (Lipinski definition) is 6. The van der Waals surface area contributed by atoms with Crippen LogP contribution in [0.25, 0.3) is 10.8 Å². The van der Waals surface area contributed by atoms with Crippen LogP contribution in [0, 0.1) is 0 Å². The fourth-order valence-corrected chi connectivity index (χ4v) is 2.73. The molecule has 0 amide bonds. The van der Waals surface area contributed by atoms with Crippen molar-refractivity contribution in [3.63, 3.8) is 0 Å². The van der Waals surface area contributed by atoms with Crippen molar-refractivity contribution in [1.82, 2.24) is 10.3 Å². The van der Waals surface area contributed by atoms with Crippen LogP contribution in [-0.4, -0.2) is 43.4 Å². The summed E-state index contributed by atoms with van der Waals surface area (Å²) in [4.78, 5) is 15.9. The summed E-state index contributed by atoms with van der Waals surface area (Å²) < 4.78 is 16.4. The first-order chi connectivity index (χ1) is 11.7. The summed E-state index contributed by atoms with van der Waals surface area (Å²) in [7, 11) is 1.38. The van der Waals surface area contributed by atoms with Crippen molar-refractivity contribution in [3.8, 4) is 11.6 Å². The second kappa shape index (κ2) is 7.31. The molecule has 6 nitrogen and oxygen atoms in total. The van der Waals surface area contributed by atoms with Crippen LogP contribution < -0.4 is 14.8 Å². The van der Waals surface area contributed by atoms with Gasteiger partial charge >= 0.3 is 5.97 Å². The maximum absolute atomic E-state index is 11.6. The molecule has 1 aliphatic heterocycles. The fourth-order valence-electron chi connectivity index (χ4n) is 2.73. The topological polar surface area (TPSA) is 69.7 Å². The lowest BCUT2D eigenvalue weighted by Crippen LogP contribution is -2.31. The first-order valence-electron chi connectivity index (χ1n) is 7.81. The summed E-state index contributed by atoms with van der Waals surface area (Å²) in [6.07, 6.45) is 3.83. The Bertz CT molecular complexity index is 747. The molecule has 1 aromatic heterocycles. The van der Waals surface area contributed by atoms with E-state index in [4.69, 9.17) is 14.2 Å². The first kappa shape index (κ1) is 16.3. The second-order valence-corrected chi connectivity index (χ2v) is 5.56. The number of carbonyl (C=O) groups excluding carboxylic acids is 1. The molecule has 0 unspecified atom stereocenters. The highest BCUT2D eigenvalue weighted by atomic mass is 16.5. The maximum atomic E-state index is 11.6. The van der Waals surface area contributed by atoms with Crippen molar-refractivity contribution in [2.45, 2.75) is 18.6 Å². The van der Waals surface area contributed by atoms with Crippen LogP contribution >= 0.6 is 0 Å². The summed E-state index contributed by atoms with van der Waals surface area (Å²) in [5.74, 6) is 0.998. The van der Waals surface area contributed by atoms with Crippen molar-refractivity contribution in [2.24, 2.45) is 0 Å². The monoisotopic (exact) mass is 328 g/mol. The molecule has 1 fully saturated rings. The Balaban J connectivity index is 1.79. The van der Waals surface area contributed by atoms with Gasteiger partial charge in [0.2, 0.25) is 5.88 Å². The molecule has 1 aliphatic rings. The van der Waals surface area contributed by atoms with E-state index in [1.165, 1.54) is 7.11 Å². The number of rotatable bonds is 6. The number of pyridine rings is 1. The van der Waals surface area contributed by atoms with Gasteiger partial charge in [0, 0.05) is 24.5 Å². The predicted molar refractivity (Wildman–Crippen MR) is 90.3 cm³/mol. The molecule has 2 atom stereocenters. The zero-order valence-corrected chi connectivity index (χ0v) is 13.5. The number of aromatic nitrogens is 1. The highest BCUT2D eigenvalue weighted by Crippen LogP contribution is 2.29. The van der Waals surface area contributed by atoms with Crippen LogP contribution in [0.3, 0.4) is 0 Å². The van der Waals surface area contributed by atoms with E-state index in [9.17, 15) is 4.79 Å². The average molecular weight is 328 g/mol. The Morgan fingerprint density at radius 1 is 1.46 bits per heavy atom. The van der Waals surface area contributed by atoms with Crippen molar-refractivity contribution in [1.29, 1.82) is 0 Å². The third-order valence-electron chi connectivity index (χ3n) is 3.92. The molecule has 3 rings (SSSR count). The molecular formula is C18H20N2O4. The van der Waals surface area contributed by atoms with Crippen LogP contribution in [0.2, 0.25) is 0 Å². The third kappa shape index (κ3) is 3.49. The minimum absolute atomic E-state index is 0.134. The summed E-state index contributed by atoms with van der Waals surface area (Å²) in [5, 5.41) is 4.99. The van der Waals surface area contributed by atoms with Gasteiger partial charge < -0.3 is 19.5 Å². The highest BCUT2D eigenvalue weighted by molar-refractivity contribution is 5.88. The SMILES string of the molecule is C=CCOc1ccc2ccnc(O[C@H]3CN[C@H](C(=O)OC)C3)c2c1. The number of methoxy groups -OCH3 is 1. The molecule has 0 bridgehead atoms. The van der Waals surface area contributed by atoms with Crippen molar-refractivity contribution < 1.29 is 19.0 Å². The van der Waals surface area contributed by atoms with Gasteiger partial charge in [-0.3, -0.25) is 4.79 Å². The lowest BCUT2D eigenvalue weighted by Gasteiger charge is -2.14. The fraction of sp³-hybridized carbons (Fsp3) is 0.333. The van der Waals surface area contributed by atoms with Crippen molar-refractivity contribution >= 4 is 16.7 Å². The minimum atomic E-state index is -0.332. The molecule has 1 aromatic carbocycles. The predicted octanol–water partition coefficient (Wildman–Crippen LogP) is 2.08. The van der Waals surface area contributed by atoms with Gasteiger partial charge in [0.25, 0.3) is 0 Å². The third-order valence-corrected chi connectivity index (χ3v) is 3.92. The molecule has 126 valence electrons. The van der Waals surface area contributed by atoms with Crippen molar-refractivity contribution in [3.05, 3.63) is 43.1 Å². The lowest BCUT2D eigenvalue weighted by molar-refractivity contribution is -0.142. The Morgan fingerprint density at radius 2 is 2.33 bits per heavy atom. The van der Waals surface area contributed by atoms with Crippen LogP contribution in [0.1, 0.15) is 6.42 Å². The van der Waals surface area contributed by atoms with E-state index in [0.29, 0.717) is 25.5 Å². The van der Waals surface area contributed by atoms with Gasteiger partial charge in [-0.1, -0.05) is 18.7 Å². The number of hydrogen-bond donors (Lipinski definition) is 1. The molecular weight excluding hydrogens is 308 g/mol. The molecule has 0 radical (unpaired) electrons. The number of fused-ring (bicyclic) bond motifs is 1. The van der Waals surface area contributed by atoms with Crippen LogP contribution in [0.4, 0.5) is 0 Å². The first-order valence-corrected chi connectivity index (χ1v) is 7.81. The van der Waals surface area contributed by atoms with Gasteiger partial charge in [-0.05, 0) is 23.6 Å². The van der Waals surface area contributed by atoms with E-state index in [-0.39, 0.29) is 18.1 Å². The quantitative estimate of drug-likeness (QED) is 0.647. The molecule has 1 N–H and O–H groups in total. The Morgan fingerprint density at radius 3 is 3.12 bits per heavy atom. The Kier molecular flexibility index (Phi) is 4.96. The number of nitrogens with zero attached hydrogens (tertiary/aromatic N) is 1. The van der Waals surface area contributed by atoms with Crippen LogP contribution in [-0.2, 0) is 9.53 Å². The smallest absolute Gasteiger partial charge is 0.323 e. The van der Waals surface area contributed by atoms with Gasteiger partial charge in [0.15, 0.2) is 0 Å². The lowest BCUT2D eigenvalue weighted by atomic mass is 10.1. The van der Waals surface area contributed by atoms with E-state index in [0.717, 1.165) is 16.5 Å². The number of ether oxygens (including phenoxy) is 3. The Hall–Kier alpha value is -2.60. The van der Waals surface area contributed by atoms with E-state index in [2.05, 4.69) is 16.9 Å². The molecule has 0 saturated carbocycles. The molecule has 24 heavy (non-hydrogen) atoms. The van der Waals surface area contributed by atoms with E-state index < -0.39 is 0 Å². The normalized spacial score (nSPS) is 19.9. The summed E-state index contributed by atoms with van der Waals surface area (Å²) >= 11 is 0. The van der Waals surface area contributed by atoms with Gasteiger partial charge in [0.05, 0.1) is 7.11 Å². The van der Waals surface area contributed by atoms with E-state index in [1.54, 1.807) is 12.3 Å². The minimum Gasteiger partial charge on any atom is -0.490 e. The standard InChI is InChI=1S/C18H20N2O4/c1-3-8-23-13-5-4-12-6-7-19-17(15(12)9-13)24-14-10-16(20-11-14)18(21)22-2/h3-7,9,14,16,20H,1,8,10-11H2,2H3/t14-,16+/m1/s1. The summed E-state index contributed by atoms with van der Waals surface area (Å²) in [6.45, 7) is 4.66. The zero-order valence-electron chi connectivity index (χ0n) is 13.5. The largest absolute Gasteiger partial charge is 0.490 e. The average Bonchev–Trinajstić information content (AvgIpc) is 3.08. The molecule has 0 aliphatic carbocycles.